The van der Waals surface area contributed by atoms with Gasteiger partial charge in [-0.25, -0.2) is 0 Å². The first-order valence-electron chi connectivity index (χ1n) is 6.24. The predicted octanol–water partition coefficient (Wildman–Crippen LogP) is 2.17. The van der Waals surface area contributed by atoms with Gasteiger partial charge < -0.3 is 11.1 Å². The molecule has 0 aromatic heterocycles. The van der Waals surface area contributed by atoms with E-state index < -0.39 is 0 Å². The molecule has 1 atom stereocenters. The van der Waals surface area contributed by atoms with Crippen LogP contribution in [0.3, 0.4) is 0 Å². The zero-order valence-corrected chi connectivity index (χ0v) is 10.7. The summed E-state index contributed by atoms with van der Waals surface area (Å²) >= 11 is 0. The molecular weight excluding hydrogens is 212 g/mol. The van der Waals surface area contributed by atoms with Crippen LogP contribution in [-0.4, -0.2) is 12.5 Å². The largest absolute Gasteiger partial charge is 0.370 e. The Morgan fingerprint density at radius 2 is 2.00 bits per heavy atom. The van der Waals surface area contributed by atoms with Crippen molar-refractivity contribution in [3.05, 3.63) is 35.4 Å². The van der Waals surface area contributed by atoms with Gasteiger partial charge in [-0.1, -0.05) is 37.6 Å². The minimum absolute atomic E-state index is 0.255. The van der Waals surface area contributed by atoms with Crippen molar-refractivity contribution in [1.29, 1.82) is 0 Å². The van der Waals surface area contributed by atoms with E-state index in [4.69, 9.17) is 5.73 Å². The zero-order valence-electron chi connectivity index (χ0n) is 10.7. The predicted molar refractivity (Wildman–Crippen MR) is 70.7 cm³/mol. The molecule has 0 aliphatic heterocycles. The fourth-order valence-corrected chi connectivity index (χ4v) is 1.79. The number of rotatable bonds is 7. The van der Waals surface area contributed by atoms with E-state index in [0.717, 1.165) is 6.42 Å². The maximum absolute atomic E-state index is 10.6. The van der Waals surface area contributed by atoms with Gasteiger partial charge in [0.15, 0.2) is 0 Å². The maximum Gasteiger partial charge on any atom is 0.218 e. The van der Waals surface area contributed by atoms with E-state index in [1.807, 2.05) is 0 Å². The van der Waals surface area contributed by atoms with E-state index in [9.17, 15) is 4.79 Å². The number of benzene rings is 1. The molecule has 1 rings (SSSR count). The fraction of sp³-hybridized carbons (Fsp3) is 0.500. The van der Waals surface area contributed by atoms with Gasteiger partial charge in [0.2, 0.25) is 5.91 Å². The lowest BCUT2D eigenvalue weighted by molar-refractivity contribution is -0.117. The number of amides is 1. The topological polar surface area (TPSA) is 55.1 Å². The lowest BCUT2D eigenvalue weighted by Crippen LogP contribution is -2.24. The first-order valence-corrected chi connectivity index (χ1v) is 6.24. The molecule has 0 fully saturated rings. The van der Waals surface area contributed by atoms with E-state index in [0.29, 0.717) is 13.0 Å². The number of nitrogens with one attached hydrogen (secondary N) is 1. The quantitative estimate of drug-likeness (QED) is 0.759. The van der Waals surface area contributed by atoms with Gasteiger partial charge in [0.25, 0.3) is 0 Å². The second-order valence-electron chi connectivity index (χ2n) is 4.38. The van der Waals surface area contributed by atoms with E-state index in [1.165, 1.54) is 17.5 Å². The number of aryl methyl sites for hydroxylation is 1. The monoisotopic (exact) mass is 234 g/mol. The molecule has 0 aliphatic rings. The SMILES string of the molecule is CCCc1ccc(C(C)NCCC(N)=O)cc1. The molecule has 0 heterocycles. The standard InChI is InChI=1S/C14H22N2O/c1-3-4-12-5-7-13(8-6-12)11(2)16-10-9-14(15)17/h5-8,11,16H,3-4,9-10H2,1-2H3,(H2,15,17). The summed E-state index contributed by atoms with van der Waals surface area (Å²) in [7, 11) is 0. The van der Waals surface area contributed by atoms with Crippen molar-refractivity contribution in [1.82, 2.24) is 5.32 Å². The second kappa shape index (κ2) is 7.07. The lowest BCUT2D eigenvalue weighted by atomic mass is 10.0. The Labute approximate surface area is 103 Å². The summed E-state index contributed by atoms with van der Waals surface area (Å²) in [5.41, 5.74) is 7.71. The zero-order chi connectivity index (χ0) is 12.7. The van der Waals surface area contributed by atoms with Crippen LogP contribution >= 0.6 is 0 Å². The van der Waals surface area contributed by atoms with Gasteiger partial charge in [-0.3, -0.25) is 4.79 Å². The summed E-state index contributed by atoms with van der Waals surface area (Å²) in [6, 6.07) is 8.89. The second-order valence-corrected chi connectivity index (χ2v) is 4.38. The van der Waals surface area contributed by atoms with Gasteiger partial charge >= 0.3 is 0 Å². The van der Waals surface area contributed by atoms with Gasteiger partial charge in [0, 0.05) is 19.0 Å². The van der Waals surface area contributed by atoms with Crippen LogP contribution < -0.4 is 11.1 Å². The maximum atomic E-state index is 10.6. The molecule has 3 nitrogen and oxygen atoms in total. The number of carbonyl (C=O) groups excluding carboxylic acids is 1. The van der Waals surface area contributed by atoms with Gasteiger partial charge in [-0.05, 0) is 24.5 Å². The number of hydrogen-bond acceptors (Lipinski definition) is 2. The summed E-state index contributed by atoms with van der Waals surface area (Å²) in [6.07, 6.45) is 2.69. The average Bonchev–Trinajstić information content (AvgIpc) is 2.30. The Morgan fingerprint density at radius 1 is 1.35 bits per heavy atom. The molecular formula is C14H22N2O. The van der Waals surface area contributed by atoms with Crippen LogP contribution in [0.2, 0.25) is 0 Å². The van der Waals surface area contributed by atoms with E-state index in [1.54, 1.807) is 0 Å². The molecule has 3 N–H and O–H groups in total. The molecule has 0 bridgehead atoms. The third-order valence-corrected chi connectivity index (χ3v) is 2.84. The molecule has 1 aromatic carbocycles. The summed E-state index contributed by atoms with van der Waals surface area (Å²) in [5.74, 6) is -0.261. The average molecular weight is 234 g/mol. The number of carbonyl (C=O) groups is 1. The Hall–Kier alpha value is -1.35. The third-order valence-electron chi connectivity index (χ3n) is 2.84. The van der Waals surface area contributed by atoms with Crippen molar-refractivity contribution in [2.75, 3.05) is 6.54 Å². The molecule has 94 valence electrons. The first kappa shape index (κ1) is 13.7. The highest BCUT2D eigenvalue weighted by Gasteiger charge is 2.04. The van der Waals surface area contributed by atoms with Gasteiger partial charge in [-0.15, -0.1) is 0 Å². The van der Waals surface area contributed by atoms with Crippen molar-refractivity contribution in [3.63, 3.8) is 0 Å². The van der Waals surface area contributed by atoms with Crippen molar-refractivity contribution in [2.45, 2.75) is 39.2 Å². The Bertz CT molecular complexity index is 346. The Kier molecular flexibility index (Phi) is 5.70. The van der Waals surface area contributed by atoms with Crippen molar-refractivity contribution in [2.24, 2.45) is 5.73 Å². The molecule has 17 heavy (non-hydrogen) atoms. The molecule has 1 amide bonds. The molecule has 0 radical (unpaired) electrons. The van der Waals surface area contributed by atoms with Crippen LogP contribution in [-0.2, 0) is 11.2 Å². The van der Waals surface area contributed by atoms with Gasteiger partial charge in [0.1, 0.15) is 0 Å². The van der Waals surface area contributed by atoms with Crippen LogP contribution in [0.15, 0.2) is 24.3 Å². The summed E-state index contributed by atoms with van der Waals surface area (Å²) < 4.78 is 0. The fourth-order valence-electron chi connectivity index (χ4n) is 1.79. The molecule has 0 saturated carbocycles. The molecule has 3 heteroatoms. The van der Waals surface area contributed by atoms with E-state index in [-0.39, 0.29) is 11.9 Å². The summed E-state index contributed by atoms with van der Waals surface area (Å²) in [5, 5.41) is 3.28. The van der Waals surface area contributed by atoms with Crippen LogP contribution in [0.4, 0.5) is 0 Å². The first-order chi connectivity index (χ1) is 8.13. The molecule has 0 aliphatic carbocycles. The number of primary amides is 1. The minimum atomic E-state index is -0.261. The van der Waals surface area contributed by atoms with Crippen molar-refractivity contribution in [3.8, 4) is 0 Å². The third kappa shape index (κ3) is 5.00. The van der Waals surface area contributed by atoms with E-state index in [2.05, 4.69) is 43.4 Å². The molecule has 1 aromatic rings. The number of nitrogens with two attached hydrogens (primary N) is 1. The molecule has 0 spiro atoms. The highest BCUT2D eigenvalue weighted by atomic mass is 16.1. The highest BCUT2D eigenvalue weighted by molar-refractivity contribution is 5.73. The smallest absolute Gasteiger partial charge is 0.218 e. The van der Waals surface area contributed by atoms with E-state index >= 15 is 0 Å². The van der Waals surface area contributed by atoms with Crippen molar-refractivity contribution >= 4 is 5.91 Å². The van der Waals surface area contributed by atoms with Crippen LogP contribution in [0.1, 0.15) is 43.9 Å². The Morgan fingerprint density at radius 3 is 2.53 bits per heavy atom. The number of hydrogen-bond donors (Lipinski definition) is 2. The lowest BCUT2D eigenvalue weighted by Gasteiger charge is -2.14. The normalized spacial score (nSPS) is 12.4. The molecule has 0 saturated heterocycles. The Balaban J connectivity index is 2.45. The van der Waals surface area contributed by atoms with Crippen LogP contribution in [0.25, 0.3) is 0 Å². The minimum Gasteiger partial charge on any atom is -0.370 e. The van der Waals surface area contributed by atoms with Crippen molar-refractivity contribution < 1.29 is 4.79 Å². The highest BCUT2D eigenvalue weighted by Crippen LogP contribution is 2.14. The van der Waals surface area contributed by atoms with Crippen LogP contribution in [0.5, 0.6) is 0 Å². The summed E-state index contributed by atoms with van der Waals surface area (Å²) in [6.45, 7) is 4.91. The molecule has 1 unspecified atom stereocenters. The van der Waals surface area contributed by atoms with Crippen LogP contribution in [0, 0.1) is 0 Å². The summed E-state index contributed by atoms with van der Waals surface area (Å²) in [4.78, 5) is 10.6. The van der Waals surface area contributed by atoms with Gasteiger partial charge in [-0.2, -0.15) is 0 Å². The van der Waals surface area contributed by atoms with Gasteiger partial charge in [0.05, 0.1) is 0 Å².